The van der Waals surface area contributed by atoms with Crippen LogP contribution in [-0.2, 0) is 26.1 Å². The van der Waals surface area contributed by atoms with E-state index in [0.717, 1.165) is 4.31 Å². The van der Waals surface area contributed by atoms with E-state index in [0.29, 0.717) is 5.69 Å². The minimum Gasteiger partial charge on any atom is -0.465 e. The molecule has 121 valence electrons. The first-order chi connectivity index (χ1) is 11.0. The van der Waals surface area contributed by atoms with Crippen LogP contribution in [0.3, 0.4) is 0 Å². The van der Waals surface area contributed by atoms with Crippen molar-refractivity contribution in [3.05, 3.63) is 60.4 Å². The number of sulfonamides is 1. The summed E-state index contributed by atoms with van der Waals surface area (Å²) >= 11 is 0. The summed E-state index contributed by atoms with van der Waals surface area (Å²) in [7, 11) is -3.88. The van der Waals surface area contributed by atoms with Crippen LogP contribution in [0.5, 0.6) is 0 Å². The van der Waals surface area contributed by atoms with Gasteiger partial charge in [0.05, 0.1) is 23.7 Å². The van der Waals surface area contributed by atoms with E-state index in [-0.39, 0.29) is 24.6 Å². The summed E-state index contributed by atoms with van der Waals surface area (Å²) in [6.45, 7) is 1.45. The average molecular weight is 333 g/mol. The van der Waals surface area contributed by atoms with Crippen molar-refractivity contribution < 1.29 is 17.9 Å². The van der Waals surface area contributed by atoms with Gasteiger partial charge in [-0.3, -0.25) is 9.78 Å². The van der Waals surface area contributed by atoms with Crippen molar-refractivity contribution in [2.24, 2.45) is 0 Å². The zero-order valence-corrected chi connectivity index (χ0v) is 13.5. The van der Waals surface area contributed by atoms with Gasteiger partial charge in [-0.15, -0.1) is 0 Å². The van der Waals surface area contributed by atoms with Crippen molar-refractivity contribution in [3.8, 4) is 0 Å². The maximum absolute atomic E-state index is 12.7. The van der Waals surface area contributed by atoms with Gasteiger partial charge in [-0.2, -0.15) is 4.31 Å². The van der Waals surface area contributed by atoms with Crippen LogP contribution in [0, 0.1) is 6.07 Å². The number of carbonyl (C=O) groups is 1. The normalized spacial score (nSPS) is 11.4. The second kappa shape index (κ2) is 7.85. The lowest BCUT2D eigenvalue weighted by Crippen LogP contribution is -2.36. The minimum absolute atomic E-state index is 0.000213. The third-order valence-electron chi connectivity index (χ3n) is 2.97. The fourth-order valence-corrected chi connectivity index (χ4v) is 3.25. The topological polar surface area (TPSA) is 76.6 Å². The second-order valence-electron chi connectivity index (χ2n) is 4.63. The molecule has 0 atom stereocenters. The third-order valence-corrected chi connectivity index (χ3v) is 4.72. The predicted octanol–water partition coefficient (Wildman–Crippen LogP) is 1.64. The number of nitrogens with zero attached hydrogens (tertiary/aromatic N) is 2. The molecule has 0 saturated heterocycles. The summed E-state index contributed by atoms with van der Waals surface area (Å²) in [5.41, 5.74) is 0.538. The van der Waals surface area contributed by atoms with E-state index in [2.05, 4.69) is 11.1 Å². The van der Waals surface area contributed by atoms with E-state index in [1.165, 1.54) is 12.1 Å². The van der Waals surface area contributed by atoms with Gasteiger partial charge < -0.3 is 4.74 Å². The molecule has 7 heteroatoms. The van der Waals surface area contributed by atoms with Crippen LogP contribution in [0.4, 0.5) is 0 Å². The van der Waals surface area contributed by atoms with Gasteiger partial charge in [-0.05, 0) is 25.1 Å². The molecule has 2 rings (SSSR count). The van der Waals surface area contributed by atoms with Gasteiger partial charge in [0.15, 0.2) is 0 Å². The van der Waals surface area contributed by atoms with E-state index in [9.17, 15) is 13.2 Å². The van der Waals surface area contributed by atoms with Gasteiger partial charge in [0.1, 0.15) is 6.54 Å². The van der Waals surface area contributed by atoms with Gasteiger partial charge in [0, 0.05) is 12.3 Å². The molecular weight excluding hydrogens is 316 g/mol. The first-order valence-corrected chi connectivity index (χ1v) is 8.50. The molecule has 0 aliphatic rings. The Morgan fingerprint density at radius 3 is 2.65 bits per heavy atom. The molecule has 0 N–H and O–H groups in total. The molecule has 0 unspecified atom stereocenters. The van der Waals surface area contributed by atoms with Crippen molar-refractivity contribution in [1.29, 1.82) is 0 Å². The van der Waals surface area contributed by atoms with Gasteiger partial charge in [0.2, 0.25) is 10.0 Å². The van der Waals surface area contributed by atoms with Crippen molar-refractivity contribution in [3.63, 3.8) is 0 Å². The maximum Gasteiger partial charge on any atom is 0.321 e. The van der Waals surface area contributed by atoms with E-state index >= 15 is 0 Å². The highest BCUT2D eigenvalue weighted by molar-refractivity contribution is 7.89. The number of hydrogen-bond acceptors (Lipinski definition) is 5. The van der Waals surface area contributed by atoms with E-state index in [1.54, 1.807) is 43.5 Å². The van der Waals surface area contributed by atoms with Crippen LogP contribution in [0.1, 0.15) is 12.6 Å². The molecule has 1 aromatic heterocycles. The Kier molecular flexibility index (Phi) is 5.84. The summed E-state index contributed by atoms with van der Waals surface area (Å²) in [6.07, 6.45) is 1.57. The quantitative estimate of drug-likeness (QED) is 0.720. The molecular formula is C16H17N2O4S. The standard InChI is InChI=1S/C16H17N2O4S/c1-2-22-16(19)13-18(12-14-8-6-7-11-17-14)23(20,21)15-9-4-3-5-10-15/h3-9,11H,2,12-13H2,1H3. The first-order valence-electron chi connectivity index (χ1n) is 7.06. The third kappa shape index (κ3) is 4.61. The van der Waals surface area contributed by atoms with Gasteiger partial charge in [0.25, 0.3) is 0 Å². The number of pyridine rings is 1. The van der Waals surface area contributed by atoms with Crippen molar-refractivity contribution in [1.82, 2.24) is 9.29 Å². The maximum atomic E-state index is 12.7. The molecule has 1 aromatic carbocycles. The molecule has 0 aliphatic heterocycles. The van der Waals surface area contributed by atoms with Gasteiger partial charge in [-0.25, -0.2) is 8.42 Å². The first kappa shape index (κ1) is 17.1. The molecule has 0 saturated carbocycles. The molecule has 0 bridgehead atoms. The molecule has 1 heterocycles. The Bertz CT molecular complexity index is 733. The van der Waals surface area contributed by atoms with Crippen LogP contribution < -0.4 is 0 Å². The van der Waals surface area contributed by atoms with Crippen LogP contribution >= 0.6 is 0 Å². The molecule has 0 aliphatic carbocycles. The summed E-state index contributed by atoms with van der Waals surface area (Å²) < 4.78 is 31.4. The molecule has 2 aromatic rings. The summed E-state index contributed by atoms with van der Waals surface area (Å²) in [5.74, 6) is -0.608. The largest absolute Gasteiger partial charge is 0.465 e. The number of rotatable bonds is 7. The van der Waals surface area contributed by atoms with Gasteiger partial charge in [-0.1, -0.05) is 24.3 Å². The highest BCUT2D eigenvalue weighted by atomic mass is 32.2. The number of benzene rings is 1. The number of aromatic nitrogens is 1. The lowest BCUT2D eigenvalue weighted by molar-refractivity contribution is -0.143. The van der Waals surface area contributed by atoms with Crippen LogP contribution in [0.15, 0.2) is 53.6 Å². The molecule has 23 heavy (non-hydrogen) atoms. The summed E-state index contributed by atoms with van der Waals surface area (Å²) in [6, 6.07) is 14.1. The van der Waals surface area contributed by atoms with E-state index < -0.39 is 16.0 Å². The van der Waals surface area contributed by atoms with Crippen molar-refractivity contribution >= 4 is 16.0 Å². The highest BCUT2D eigenvalue weighted by Crippen LogP contribution is 2.17. The molecule has 0 amide bonds. The number of hydrogen-bond donors (Lipinski definition) is 0. The molecule has 6 nitrogen and oxygen atoms in total. The summed E-state index contributed by atoms with van der Waals surface area (Å²) in [4.78, 5) is 15.9. The Morgan fingerprint density at radius 1 is 1.26 bits per heavy atom. The van der Waals surface area contributed by atoms with Gasteiger partial charge >= 0.3 is 5.97 Å². The van der Waals surface area contributed by atoms with Crippen LogP contribution in [0.2, 0.25) is 0 Å². The Balaban J connectivity index is 2.30. The Labute approximate surface area is 135 Å². The smallest absolute Gasteiger partial charge is 0.321 e. The lowest BCUT2D eigenvalue weighted by atomic mass is 10.3. The number of esters is 1. The van der Waals surface area contributed by atoms with E-state index in [1.807, 2.05) is 0 Å². The highest BCUT2D eigenvalue weighted by Gasteiger charge is 2.27. The molecule has 0 spiro atoms. The van der Waals surface area contributed by atoms with Crippen LogP contribution in [-0.4, -0.2) is 36.8 Å². The summed E-state index contributed by atoms with van der Waals surface area (Å²) in [5, 5.41) is 0. The average Bonchev–Trinajstić information content (AvgIpc) is 2.56. The second-order valence-corrected chi connectivity index (χ2v) is 6.53. The fourth-order valence-electron chi connectivity index (χ4n) is 1.93. The van der Waals surface area contributed by atoms with E-state index in [4.69, 9.17) is 4.74 Å². The van der Waals surface area contributed by atoms with Crippen molar-refractivity contribution in [2.75, 3.05) is 13.2 Å². The number of carbonyl (C=O) groups excluding carboxylic acids is 1. The SMILES string of the molecule is CCOC(=O)CN(Cc1ccccn1)S(=O)(=O)c1[c]cccc1. The molecule has 1 radical (unpaired) electrons. The van der Waals surface area contributed by atoms with Crippen molar-refractivity contribution in [2.45, 2.75) is 18.4 Å². The lowest BCUT2D eigenvalue weighted by Gasteiger charge is -2.20. The predicted molar refractivity (Wildman–Crippen MR) is 83.7 cm³/mol. The zero-order valence-electron chi connectivity index (χ0n) is 12.7. The Morgan fingerprint density at radius 2 is 2.04 bits per heavy atom. The number of ether oxygens (including phenoxy) is 1. The fraction of sp³-hybridized carbons (Fsp3) is 0.250. The Hall–Kier alpha value is -2.25. The zero-order chi connectivity index (χ0) is 16.7. The molecule has 0 fully saturated rings. The monoisotopic (exact) mass is 333 g/mol. The minimum atomic E-state index is -3.88. The van der Waals surface area contributed by atoms with Crippen LogP contribution in [0.25, 0.3) is 0 Å².